The zero-order valence-corrected chi connectivity index (χ0v) is 12.0. The molecular formula is C16H31N. The van der Waals surface area contributed by atoms with Crippen molar-refractivity contribution in [2.24, 2.45) is 23.7 Å². The van der Waals surface area contributed by atoms with Crippen LogP contribution in [0.4, 0.5) is 0 Å². The Morgan fingerprint density at radius 3 is 2.53 bits per heavy atom. The lowest BCUT2D eigenvalue weighted by Crippen LogP contribution is -2.34. The van der Waals surface area contributed by atoms with Crippen molar-refractivity contribution in [2.45, 2.75) is 71.8 Å². The van der Waals surface area contributed by atoms with Crippen molar-refractivity contribution in [2.75, 3.05) is 6.54 Å². The molecule has 0 heterocycles. The Hall–Kier alpha value is -0.0400. The second-order valence-corrected chi connectivity index (χ2v) is 6.95. The van der Waals surface area contributed by atoms with Crippen molar-refractivity contribution in [3.05, 3.63) is 0 Å². The van der Waals surface area contributed by atoms with E-state index < -0.39 is 0 Å². The zero-order valence-electron chi connectivity index (χ0n) is 12.0. The van der Waals surface area contributed by atoms with E-state index in [0.29, 0.717) is 0 Å². The third kappa shape index (κ3) is 3.71. The van der Waals surface area contributed by atoms with Gasteiger partial charge in [0.2, 0.25) is 0 Å². The summed E-state index contributed by atoms with van der Waals surface area (Å²) in [6.45, 7) is 8.21. The monoisotopic (exact) mass is 237 g/mol. The van der Waals surface area contributed by atoms with Gasteiger partial charge in [-0.2, -0.15) is 0 Å². The van der Waals surface area contributed by atoms with Gasteiger partial charge < -0.3 is 5.32 Å². The highest BCUT2D eigenvalue weighted by molar-refractivity contribution is 4.91. The lowest BCUT2D eigenvalue weighted by atomic mass is 9.82. The molecule has 17 heavy (non-hydrogen) atoms. The molecule has 0 radical (unpaired) electrons. The Labute approximate surface area is 108 Å². The number of hydrogen-bond donors (Lipinski definition) is 1. The molecule has 0 aromatic heterocycles. The molecular weight excluding hydrogens is 206 g/mol. The predicted octanol–water partition coefficient (Wildman–Crippen LogP) is 4.23. The molecule has 1 heteroatoms. The van der Waals surface area contributed by atoms with Gasteiger partial charge >= 0.3 is 0 Å². The lowest BCUT2D eigenvalue weighted by molar-refractivity contribution is 0.261. The average Bonchev–Trinajstić information content (AvgIpc) is 2.86. The van der Waals surface area contributed by atoms with Crippen molar-refractivity contribution >= 4 is 0 Å². The number of rotatable bonds is 7. The van der Waals surface area contributed by atoms with E-state index in [1.54, 1.807) is 19.3 Å². The maximum absolute atomic E-state index is 3.79. The molecule has 0 spiro atoms. The molecule has 0 aromatic carbocycles. The SMILES string of the molecule is CCCNC(CC(C)C)CC1CC2CCC1C2. The maximum atomic E-state index is 3.79. The first kappa shape index (κ1) is 13.4. The molecule has 4 unspecified atom stereocenters. The van der Waals surface area contributed by atoms with Crippen LogP contribution in [0.15, 0.2) is 0 Å². The smallest absolute Gasteiger partial charge is 0.00722 e. The van der Waals surface area contributed by atoms with Crippen molar-refractivity contribution < 1.29 is 0 Å². The summed E-state index contributed by atoms with van der Waals surface area (Å²) in [5.41, 5.74) is 0. The van der Waals surface area contributed by atoms with E-state index in [-0.39, 0.29) is 0 Å². The Bertz CT molecular complexity index is 224. The lowest BCUT2D eigenvalue weighted by Gasteiger charge is -2.28. The highest BCUT2D eigenvalue weighted by Gasteiger charge is 2.39. The van der Waals surface area contributed by atoms with Crippen LogP contribution < -0.4 is 5.32 Å². The number of hydrogen-bond acceptors (Lipinski definition) is 1. The fourth-order valence-corrected chi connectivity index (χ4v) is 4.21. The van der Waals surface area contributed by atoms with Crippen LogP contribution in [-0.4, -0.2) is 12.6 Å². The van der Waals surface area contributed by atoms with Gasteiger partial charge in [-0.15, -0.1) is 0 Å². The van der Waals surface area contributed by atoms with E-state index in [1.165, 1.54) is 32.2 Å². The minimum Gasteiger partial charge on any atom is -0.314 e. The van der Waals surface area contributed by atoms with E-state index in [1.807, 2.05) is 0 Å². The molecule has 0 saturated heterocycles. The van der Waals surface area contributed by atoms with Crippen molar-refractivity contribution in [3.8, 4) is 0 Å². The summed E-state index contributed by atoms with van der Waals surface area (Å²) in [5, 5.41) is 3.79. The van der Waals surface area contributed by atoms with Gasteiger partial charge in [-0.25, -0.2) is 0 Å². The minimum absolute atomic E-state index is 0.791. The van der Waals surface area contributed by atoms with Gasteiger partial charge in [0.25, 0.3) is 0 Å². The summed E-state index contributed by atoms with van der Waals surface area (Å²) in [7, 11) is 0. The fourth-order valence-electron chi connectivity index (χ4n) is 4.21. The molecule has 2 bridgehead atoms. The summed E-state index contributed by atoms with van der Waals surface area (Å²) in [5.74, 6) is 4.10. The van der Waals surface area contributed by atoms with Gasteiger partial charge in [0, 0.05) is 6.04 Å². The highest BCUT2D eigenvalue weighted by Crippen LogP contribution is 2.50. The molecule has 2 aliphatic carbocycles. The normalized spacial score (nSPS) is 33.5. The molecule has 1 nitrogen and oxygen atoms in total. The molecule has 2 rings (SSSR count). The van der Waals surface area contributed by atoms with Crippen LogP contribution >= 0.6 is 0 Å². The summed E-state index contributed by atoms with van der Waals surface area (Å²) in [6.07, 6.45) is 10.3. The van der Waals surface area contributed by atoms with Crippen LogP contribution in [-0.2, 0) is 0 Å². The van der Waals surface area contributed by atoms with Crippen LogP contribution in [0.2, 0.25) is 0 Å². The number of fused-ring (bicyclic) bond motifs is 2. The topological polar surface area (TPSA) is 12.0 Å². The van der Waals surface area contributed by atoms with Crippen LogP contribution in [0, 0.1) is 23.7 Å². The van der Waals surface area contributed by atoms with Crippen molar-refractivity contribution in [1.82, 2.24) is 5.32 Å². The Balaban J connectivity index is 1.79. The Morgan fingerprint density at radius 2 is 2.00 bits per heavy atom. The van der Waals surface area contributed by atoms with E-state index in [9.17, 15) is 0 Å². The van der Waals surface area contributed by atoms with Gasteiger partial charge in [0.15, 0.2) is 0 Å². The molecule has 0 amide bonds. The van der Waals surface area contributed by atoms with E-state index in [2.05, 4.69) is 26.1 Å². The summed E-state index contributed by atoms with van der Waals surface area (Å²) >= 11 is 0. The van der Waals surface area contributed by atoms with E-state index >= 15 is 0 Å². The fraction of sp³-hybridized carbons (Fsp3) is 1.00. The van der Waals surface area contributed by atoms with Gasteiger partial charge in [-0.3, -0.25) is 0 Å². The van der Waals surface area contributed by atoms with E-state index in [4.69, 9.17) is 0 Å². The molecule has 2 fully saturated rings. The van der Waals surface area contributed by atoms with Gasteiger partial charge in [0.1, 0.15) is 0 Å². The molecule has 2 saturated carbocycles. The van der Waals surface area contributed by atoms with Crippen LogP contribution in [0.1, 0.15) is 65.7 Å². The largest absolute Gasteiger partial charge is 0.314 e. The second-order valence-electron chi connectivity index (χ2n) is 6.95. The molecule has 4 atom stereocenters. The van der Waals surface area contributed by atoms with Crippen LogP contribution in [0.25, 0.3) is 0 Å². The van der Waals surface area contributed by atoms with Gasteiger partial charge in [-0.1, -0.05) is 27.2 Å². The van der Waals surface area contributed by atoms with Crippen molar-refractivity contribution in [3.63, 3.8) is 0 Å². The molecule has 1 N–H and O–H groups in total. The van der Waals surface area contributed by atoms with Crippen LogP contribution in [0.3, 0.4) is 0 Å². The van der Waals surface area contributed by atoms with Gasteiger partial charge in [0.05, 0.1) is 0 Å². The zero-order chi connectivity index (χ0) is 12.3. The minimum atomic E-state index is 0.791. The third-order valence-corrected chi connectivity index (χ3v) is 4.91. The Morgan fingerprint density at radius 1 is 1.18 bits per heavy atom. The van der Waals surface area contributed by atoms with E-state index in [0.717, 1.165) is 29.7 Å². The molecule has 0 aromatic rings. The summed E-state index contributed by atoms with van der Waals surface area (Å²) < 4.78 is 0. The maximum Gasteiger partial charge on any atom is 0.00722 e. The van der Waals surface area contributed by atoms with Gasteiger partial charge in [-0.05, 0) is 68.7 Å². The first-order valence-corrected chi connectivity index (χ1v) is 7.92. The summed E-state index contributed by atoms with van der Waals surface area (Å²) in [6, 6.07) is 0.791. The number of nitrogens with one attached hydrogen (secondary N) is 1. The van der Waals surface area contributed by atoms with Crippen LogP contribution in [0.5, 0.6) is 0 Å². The third-order valence-electron chi connectivity index (χ3n) is 4.91. The molecule has 100 valence electrons. The highest BCUT2D eigenvalue weighted by atomic mass is 14.9. The average molecular weight is 237 g/mol. The first-order chi connectivity index (χ1) is 8.19. The predicted molar refractivity (Wildman–Crippen MR) is 75.1 cm³/mol. The summed E-state index contributed by atoms with van der Waals surface area (Å²) in [4.78, 5) is 0. The van der Waals surface area contributed by atoms with Crippen molar-refractivity contribution in [1.29, 1.82) is 0 Å². The quantitative estimate of drug-likeness (QED) is 0.699. The standard InChI is InChI=1S/C16H31N/c1-4-7-17-16(8-12(2)3)11-15-10-13-5-6-14(15)9-13/h12-17H,4-11H2,1-3H3. The molecule has 0 aliphatic heterocycles. The Kier molecular flexibility index (Phi) is 4.90. The second kappa shape index (κ2) is 6.22. The molecule has 2 aliphatic rings. The first-order valence-electron chi connectivity index (χ1n) is 7.92.